The first-order chi connectivity index (χ1) is 47.2. The minimum absolute atomic E-state index is 0.107. The fourth-order valence-corrected chi connectivity index (χ4v) is 12.8. The number of ether oxygens (including phenoxy) is 6. The Hall–Kier alpha value is -9.20. The van der Waals surface area contributed by atoms with Crippen LogP contribution in [0.4, 0.5) is 0 Å². The van der Waals surface area contributed by atoms with Gasteiger partial charge in [-0.3, -0.25) is 33.6 Å². The maximum Gasteiger partial charge on any atom is 0.330 e. The number of hydrogen-bond acceptors (Lipinski definition) is 25. The molecule has 33 nitrogen and oxygen atoms in total. The SMILES string of the molecule is CN[C@H](CC(C)C)C(=O)NC1C(=O)NC(C(N)=O)C(=O)N[C@H]2C(=O)N[C@H]3C(=O)N[C@H](C(=O)N[C@H](C(=O)O)c4cc(O)cc(O)c4-c4cc3ccc4O)[C@H](O)c3ccc(c(Cl)c3)Oc3cc2cc(c3OC2OC(CO)C(O)C(O)C2OC2CC(C)(N)C(O)C(C)O2)Oc2ccc(cc2Cl)[C@H]1O. The first-order valence-corrected chi connectivity index (χ1v) is 31.9. The highest BCUT2D eigenvalue weighted by Gasteiger charge is 2.52. The van der Waals surface area contributed by atoms with Crippen LogP contribution in [0.15, 0.2) is 78.9 Å². The van der Waals surface area contributed by atoms with Crippen LogP contribution in [0.25, 0.3) is 11.1 Å². The van der Waals surface area contributed by atoms with E-state index in [1.54, 1.807) is 13.8 Å². The number of aliphatic hydroxyl groups is 6. The third kappa shape index (κ3) is 15.1. The van der Waals surface area contributed by atoms with E-state index in [1.165, 1.54) is 33.0 Å². The fourth-order valence-electron chi connectivity index (χ4n) is 12.3. The van der Waals surface area contributed by atoms with E-state index in [0.717, 1.165) is 66.7 Å². The summed E-state index contributed by atoms with van der Waals surface area (Å²) in [6, 6.07) is -1.46. The molecule has 2 fully saturated rings. The van der Waals surface area contributed by atoms with Crippen molar-refractivity contribution < 1.29 is 118 Å². The highest BCUT2D eigenvalue weighted by Crippen LogP contribution is 2.50. The number of aliphatic carboxylic acids is 1. The van der Waals surface area contributed by atoms with Crippen LogP contribution in [0, 0.1) is 5.92 Å². The van der Waals surface area contributed by atoms with Crippen molar-refractivity contribution in [2.24, 2.45) is 17.4 Å². The Morgan fingerprint density at radius 3 is 1.87 bits per heavy atom. The lowest BCUT2D eigenvalue weighted by Gasteiger charge is -2.47. The van der Waals surface area contributed by atoms with Crippen molar-refractivity contribution in [3.63, 3.8) is 0 Å². The maximum absolute atomic E-state index is 15.9. The molecule has 2 saturated heterocycles. The number of likely N-dealkylation sites (N-methyl/N-ethyl adjacent to an activating group) is 1. The van der Waals surface area contributed by atoms with Crippen LogP contribution < -0.4 is 62.9 Å². The van der Waals surface area contributed by atoms with Gasteiger partial charge < -0.3 is 128 Å². The standard InChI is InChI=1S/C65H73Cl2N9O24/c1-22(2)12-33(70-5)57(87)74-46-49(81)25-7-10-36(31(66)14-25)96-38-16-27-17-39(53(38)100-64-54(52(84)51(83)40(21-77)98-64)99-41-20-65(4,69)55(85)23(3)95-41)97-37-11-8-26(15-32(37)67)50(82)47-60(90)73-45(63(93)94)30-18-28(78)19-35(80)42(30)29-13-24(6-9-34(29)79)43(58(88)75-47)71-59(89)44(27)72-62(92)48(56(68)86)76-61(46)91/h6-11,13-19,22-23,33,40-41,43-52,54-55,64,70,77-85H,12,20-21,69H2,1-5H3,(H2,68,86)(H,71,89)(H,72,92)(H,73,90)(H,74,87)(H,75,88)(H,76,91)(H,93,94)/t23?,33-,40?,41?,43-,44-,45+,46?,47+,48?,49-,50-,51?,52?,54?,55?,64?,65?/m1/s1. The number of nitrogens with one attached hydrogen (secondary N) is 7. The predicted molar refractivity (Wildman–Crippen MR) is 345 cm³/mol. The highest BCUT2D eigenvalue weighted by molar-refractivity contribution is 6.32. The van der Waals surface area contributed by atoms with E-state index in [1.807, 2.05) is 0 Å². The summed E-state index contributed by atoms with van der Waals surface area (Å²) in [5.41, 5.74) is 8.02. The summed E-state index contributed by atoms with van der Waals surface area (Å²) in [5, 5.41) is 130. The predicted octanol–water partition coefficient (Wildman–Crippen LogP) is -0.284. The molecular weight excluding hydrogens is 1360 g/mol. The van der Waals surface area contributed by atoms with E-state index in [4.69, 9.17) is 63.1 Å². The monoisotopic (exact) mass is 1430 g/mol. The minimum atomic E-state index is -2.56. The van der Waals surface area contributed by atoms with Crippen molar-refractivity contribution in [2.75, 3.05) is 13.7 Å². The van der Waals surface area contributed by atoms with E-state index < -0.39 is 231 Å². The number of phenols is 3. The summed E-state index contributed by atoms with van der Waals surface area (Å²) in [6.07, 6.45) is -17.6. The number of phenolic OH excluding ortho intramolecular Hbond substituents is 3. The van der Waals surface area contributed by atoms with E-state index in [2.05, 4.69) is 37.2 Å². The van der Waals surface area contributed by atoms with Crippen LogP contribution in [0.2, 0.25) is 10.0 Å². The van der Waals surface area contributed by atoms with Gasteiger partial charge in [-0.25, -0.2) is 4.79 Å². The van der Waals surface area contributed by atoms with Crippen LogP contribution >= 0.6 is 23.2 Å². The number of hydrogen-bond donors (Lipinski definition) is 19. The summed E-state index contributed by atoms with van der Waals surface area (Å²) >= 11 is 14.1. The average Bonchev–Trinajstić information content (AvgIpc) is 0.769. The van der Waals surface area contributed by atoms with Gasteiger partial charge in [0.15, 0.2) is 36.0 Å². The molecule has 5 aromatic rings. The zero-order valence-electron chi connectivity index (χ0n) is 53.6. The third-order valence-electron chi connectivity index (χ3n) is 17.6. The van der Waals surface area contributed by atoms with Gasteiger partial charge >= 0.3 is 5.97 Å². The molecule has 0 spiro atoms. The molecule has 11 bridgehead atoms. The topological polar surface area (TPSA) is 530 Å². The second kappa shape index (κ2) is 29.6. The number of carbonyl (C=O) groups is 8. The number of benzene rings is 5. The van der Waals surface area contributed by atoms with E-state index >= 15 is 14.4 Å². The molecule has 100 heavy (non-hydrogen) atoms. The van der Waals surface area contributed by atoms with Crippen molar-refractivity contribution in [3.8, 4) is 57.1 Å². The summed E-state index contributed by atoms with van der Waals surface area (Å²) in [5.74, 6) is -16.9. The number of carboxylic acid groups (broad SMARTS) is 1. The van der Waals surface area contributed by atoms with Gasteiger partial charge in [0.05, 0.1) is 34.9 Å². The Labute approximate surface area is 577 Å². The van der Waals surface area contributed by atoms with Gasteiger partial charge in [0, 0.05) is 34.7 Å². The Morgan fingerprint density at radius 1 is 0.700 bits per heavy atom. The lowest BCUT2D eigenvalue weighted by atomic mass is 9.86. The number of carboxylic acids is 1. The van der Waals surface area contributed by atoms with Gasteiger partial charge in [-0.1, -0.05) is 55.2 Å². The number of primary amides is 1. The largest absolute Gasteiger partial charge is 0.508 e. The van der Waals surface area contributed by atoms with Gasteiger partial charge in [0.25, 0.3) is 5.91 Å². The van der Waals surface area contributed by atoms with Crippen LogP contribution in [0.1, 0.15) is 98.7 Å². The summed E-state index contributed by atoms with van der Waals surface area (Å²) in [7, 11) is 1.46. The second-order valence-electron chi connectivity index (χ2n) is 25.3. The van der Waals surface area contributed by atoms with E-state index in [9.17, 15) is 75.0 Å². The van der Waals surface area contributed by atoms with Crippen LogP contribution in [-0.2, 0) is 52.6 Å². The zero-order chi connectivity index (χ0) is 72.8. The highest BCUT2D eigenvalue weighted by atomic mass is 35.5. The summed E-state index contributed by atoms with van der Waals surface area (Å²) < 4.78 is 38.2. The molecule has 0 aromatic heterocycles. The number of carbonyl (C=O) groups excluding carboxylic acids is 7. The average molecular weight is 1440 g/mol. The lowest BCUT2D eigenvalue weighted by molar-refractivity contribution is -0.333. The van der Waals surface area contributed by atoms with Gasteiger partial charge in [-0.2, -0.15) is 0 Å². The molecule has 536 valence electrons. The maximum atomic E-state index is 15.9. The van der Waals surface area contributed by atoms with Crippen molar-refractivity contribution in [1.29, 1.82) is 0 Å². The quantitative estimate of drug-likeness (QED) is 0.0714. The molecule has 18 atom stereocenters. The van der Waals surface area contributed by atoms with Gasteiger partial charge in [0.2, 0.25) is 47.5 Å². The van der Waals surface area contributed by atoms with Crippen molar-refractivity contribution in [3.05, 3.63) is 117 Å². The number of fused-ring (bicyclic) bond motifs is 15. The van der Waals surface area contributed by atoms with Crippen LogP contribution in [0.3, 0.4) is 0 Å². The van der Waals surface area contributed by atoms with Crippen molar-refractivity contribution >= 4 is 70.5 Å². The first kappa shape index (κ1) is 73.5. The number of rotatable bonds is 12. The molecule has 7 heterocycles. The normalized spacial score (nSPS) is 29.6. The Kier molecular flexibility index (Phi) is 21.7. The van der Waals surface area contributed by atoms with E-state index in [-0.39, 0.29) is 46.2 Å². The Morgan fingerprint density at radius 2 is 1.29 bits per heavy atom. The number of aromatic hydroxyl groups is 3. The van der Waals surface area contributed by atoms with Gasteiger partial charge in [-0.15, -0.1) is 0 Å². The molecule has 21 N–H and O–H groups in total. The van der Waals surface area contributed by atoms with E-state index in [0.29, 0.717) is 0 Å². The van der Waals surface area contributed by atoms with Crippen LogP contribution in [0.5, 0.6) is 46.0 Å². The molecule has 35 heteroatoms. The number of nitrogens with two attached hydrogens (primary N) is 2. The fraction of sp³-hybridized carbons (Fsp3) is 0.415. The number of amides is 7. The molecule has 0 saturated carbocycles. The Balaban J connectivity index is 1.24. The lowest BCUT2D eigenvalue weighted by Crippen LogP contribution is -2.64. The minimum Gasteiger partial charge on any atom is -0.508 e. The summed E-state index contributed by atoms with van der Waals surface area (Å²) in [6.45, 7) is 5.63. The molecule has 0 aliphatic carbocycles. The molecule has 12 rings (SSSR count). The molecule has 7 aliphatic rings. The van der Waals surface area contributed by atoms with Crippen molar-refractivity contribution in [1.82, 2.24) is 37.2 Å². The molecule has 5 aromatic carbocycles. The molecule has 0 radical (unpaired) electrons. The second-order valence-corrected chi connectivity index (χ2v) is 26.1. The zero-order valence-corrected chi connectivity index (χ0v) is 55.1. The number of halogens is 2. The van der Waals surface area contributed by atoms with Gasteiger partial charge in [-0.05, 0) is 110 Å². The molecule has 11 unspecified atom stereocenters. The molecular formula is C65H73Cl2N9O24. The molecule has 7 amide bonds. The number of aliphatic hydroxyl groups excluding tert-OH is 6. The summed E-state index contributed by atoms with van der Waals surface area (Å²) in [4.78, 5) is 117. The van der Waals surface area contributed by atoms with Crippen molar-refractivity contribution in [2.45, 2.75) is 150 Å². The third-order valence-corrected chi connectivity index (χ3v) is 18.2. The van der Waals surface area contributed by atoms with Crippen LogP contribution in [-0.4, -0.2) is 191 Å². The first-order valence-electron chi connectivity index (χ1n) is 31.1. The molecule has 7 aliphatic heterocycles. The van der Waals surface area contributed by atoms with Gasteiger partial charge in [0.1, 0.15) is 83.4 Å². The smallest absolute Gasteiger partial charge is 0.330 e. The Bertz CT molecular complexity index is 4060.